The minimum absolute atomic E-state index is 0.142. The van der Waals surface area contributed by atoms with Crippen LogP contribution in [-0.4, -0.2) is 16.1 Å². The van der Waals surface area contributed by atoms with Gasteiger partial charge in [0.2, 0.25) is 5.54 Å². The molecule has 0 spiro atoms. The quantitative estimate of drug-likeness (QED) is 0.912. The number of carbonyl (C=O) groups is 1. The van der Waals surface area contributed by atoms with Crippen molar-refractivity contribution < 1.29 is 18.7 Å². The average Bonchev–Trinajstić information content (AvgIpc) is 2.56. The van der Waals surface area contributed by atoms with Gasteiger partial charge in [0.25, 0.3) is 0 Å². The third kappa shape index (κ3) is 2.38. The Morgan fingerprint density at radius 3 is 2.52 bits per heavy atom. The Morgan fingerprint density at radius 1 is 1.13 bits per heavy atom. The molecule has 116 valence electrons. The Balaban J connectivity index is 2.25. The number of carboxylic acid groups (broad SMARTS) is 1. The number of aliphatic carboxylic acids is 1. The molecule has 23 heavy (non-hydrogen) atoms. The highest BCUT2D eigenvalue weighted by molar-refractivity contribution is 5.88. The lowest BCUT2D eigenvalue weighted by Crippen LogP contribution is -2.49. The average molecular weight is 314 g/mol. The Labute approximate surface area is 130 Å². The maximum atomic E-state index is 14.5. The normalized spacial score (nSPS) is 20.3. The molecular formula is C17H12F2N2O2. The lowest BCUT2D eigenvalue weighted by atomic mass is 9.83. The third-order valence-corrected chi connectivity index (χ3v) is 3.64. The molecular weight excluding hydrogens is 302 g/mol. The van der Waals surface area contributed by atoms with Gasteiger partial charge in [0, 0.05) is 29.6 Å². The van der Waals surface area contributed by atoms with Crippen LogP contribution in [-0.2, 0) is 10.3 Å². The molecule has 2 aromatic rings. The number of nitrogens with one attached hydrogen (secondary N) is 1. The number of pyridine rings is 1. The molecule has 1 aromatic carbocycles. The first-order chi connectivity index (χ1) is 11.1. The van der Waals surface area contributed by atoms with Gasteiger partial charge >= 0.3 is 5.97 Å². The van der Waals surface area contributed by atoms with Crippen LogP contribution in [0.3, 0.4) is 0 Å². The third-order valence-electron chi connectivity index (χ3n) is 3.64. The molecule has 0 saturated carbocycles. The van der Waals surface area contributed by atoms with Crippen molar-refractivity contribution in [3.63, 3.8) is 0 Å². The van der Waals surface area contributed by atoms with Crippen LogP contribution < -0.4 is 5.32 Å². The summed E-state index contributed by atoms with van der Waals surface area (Å²) in [5, 5.41) is 12.0. The fourth-order valence-corrected chi connectivity index (χ4v) is 2.56. The summed E-state index contributed by atoms with van der Waals surface area (Å²) >= 11 is 0. The standard InChI is InChI=1S/C17H12F2N2O2/c18-11-9-15(19)17(16(22)23,21-10-11)13-6-2-1-5-12(13)14-7-3-4-8-20-14/h1-10,21H,(H,22,23). The molecule has 6 heteroatoms. The van der Waals surface area contributed by atoms with Crippen LogP contribution >= 0.6 is 0 Å². The molecule has 0 radical (unpaired) electrons. The highest BCUT2D eigenvalue weighted by Gasteiger charge is 2.48. The molecule has 4 nitrogen and oxygen atoms in total. The summed E-state index contributed by atoms with van der Waals surface area (Å²) in [7, 11) is 0. The van der Waals surface area contributed by atoms with Gasteiger partial charge < -0.3 is 10.4 Å². The number of halogens is 2. The van der Waals surface area contributed by atoms with Crippen molar-refractivity contribution in [2.24, 2.45) is 0 Å². The van der Waals surface area contributed by atoms with E-state index in [-0.39, 0.29) is 5.56 Å². The van der Waals surface area contributed by atoms with Gasteiger partial charge in [0.15, 0.2) is 0 Å². The molecule has 0 fully saturated rings. The van der Waals surface area contributed by atoms with Gasteiger partial charge in [-0.15, -0.1) is 0 Å². The van der Waals surface area contributed by atoms with Crippen molar-refractivity contribution in [3.05, 3.63) is 78.2 Å². The number of rotatable bonds is 3. The molecule has 0 aliphatic carbocycles. The molecule has 1 atom stereocenters. The van der Waals surface area contributed by atoms with Crippen LogP contribution in [0.15, 0.2) is 72.6 Å². The topological polar surface area (TPSA) is 62.2 Å². The van der Waals surface area contributed by atoms with Gasteiger partial charge in [0.05, 0.1) is 5.69 Å². The Bertz CT molecular complexity index is 818. The lowest BCUT2D eigenvalue weighted by molar-refractivity contribution is -0.144. The summed E-state index contributed by atoms with van der Waals surface area (Å²) in [6, 6.07) is 11.6. The van der Waals surface area contributed by atoms with Gasteiger partial charge in [-0.3, -0.25) is 4.98 Å². The van der Waals surface area contributed by atoms with Crippen molar-refractivity contribution >= 4 is 5.97 Å². The second-order valence-electron chi connectivity index (χ2n) is 4.98. The van der Waals surface area contributed by atoms with Crippen molar-refractivity contribution in [2.75, 3.05) is 0 Å². The van der Waals surface area contributed by atoms with Gasteiger partial charge in [0.1, 0.15) is 11.7 Å². The molecule has 1 unspecified atom stereocenters. The fourth-order valence-electron chi connectivity index (χ4n) is 2.56. The summed E-state index contributed by atoms with van der Waals surface area (Å²) in [6.07, 6.45) is 2.96. The first-order valence-corrected chi connectivity index (χ1v) is 6.81. The van der Waals surface area contributed by atoms with E-state index in [9.17, 15) is 18.7 Å². The van der Waals surface area contributed by atoms with Crippen LogP contribution in [0.25, 0.3) is 11.3 Å². The SMILES string of the molecule is O=C(O)C1(c2ccccc2-c2ccccn2)NC=C(F)C=C1F. The van der Waals surface area contributed by atoms with Gasteiger partial charge in [-0.1, -0.05) is 30.3 Å². The van der Waals surface area contributed by atoms with Crippen LogP contribution in [0.2, 0.25) is 0 Å². The highest BCUT2D eigenvalue weighted by atomic mass is 19.1. The van der Waals surface area contributed by atoms with E-state index in [1.807, 2.05) is 0 Å². The highest BCUT2D eigenvalue weighted by Crippen LogP contribution is 2.39. The molecule has 1 aliphatic heterocycles. The number of benzene rings is 1. The zero-order valence-electron chi connectivity index (χ0n) is 11.8. The fraction of sp³-hybridized carbons (Fsp3) is 0.0588. The minimum Gasteiger partial charge on any atom is -0.479 e. The maximum Gasteiger partial charge on any atom is 0.341 e. The summed E-state index contributed by atoms with van der Waals surface area (Å²) in [5.74, 6) is -3.48. The van der Waals surface area contributed by atoms with Crippen LogP contribution in [0.4, 0.5) is 8.78 Å². The van der Waals surface area contributed by atoms with Crippen molar-refractivity contribution in [2.45, 2.75) is 5.54 Å². The van der Waals surface area contributed by atoms with E-state index in [4.69, 9.17) is 0 Å². The number of hydrogen-bond donors (Lipinski definition) is 2. The molecule has 0 amide bonds. The summed E-state index contributed by atoms with van der Waals surface area (Å²) in [6.45, 7) is 0. The van der Waals surface area contributed by atoms with E-state index in [0.717, 1.165) is 6.20 Å². The summed E-state index contributed by atoms with van der Waals surface area (Å²) < 4.78 is 27.8. The smallest absolute Gasteiger partial charge is 0.341 e. The predicted octanol–water partition coefficient (Wildman–Crippen LogP) is 3.30. The molecule has 2 N–H and O–H groups in total. The van der Waals surface area contributed by atoms with Crippen molar-refractivity contribution in [1.82, 2.24) is 10.3 Å². The van der Waals surface area contributed by atoms with Gasteiger partial charge in [-0.2, -0.15) is 0 Å². The second kappa shape index (κ2) is 5.64. The molecule has 0 saturated heterocycles. The second-order valence-corrected chi connectivity index (χ2v) is 4.98. The van der Waals surface area contributed by atoms with E-state index in [1.54, 1.807) is 42.6 Å². The number of nitrogens with zero attached hydrogens (tertiary/aromatic N) is 1. The monoisotopic (exact) mass is 314 g/mol. The van der Waals surface area contributed by atoms with E-state index in [1.165, 1.54) is 6.07 Å². The van der Waals surface area contributed by atoms with Crippen molar-refractivity contribution in [3.8, 4) is 11.3 Å². The number of carboxylic acids is 1. The number of allylic oxidation sites excluding steroid dienone is 2. The molecule has 1 aromatic heterocycles. The molecule has 1 aliphatic rings. The summed E-state index contributed by atoms with van der Waals surface area (Å²) in [4.78, 5) is 16.0. The van der Waals surface area contributed by atoms with Crippen LogP contribution in [0.1, 0.15) is 5.56 Å². The Morgan fingerprint density at radius 2 is 1.87 bits per heavy atom. The number of hydrogen-bond acceptors (Lipinski definition) is 3. The Kier molecular flexibility index (Phi) is 3.65. The van der Waals surface area contributed by atoms with Gasteiger partial charge in [-0.05, 0) is 12.1 Å². The molecule has 0 bridgehead atoms. The number of aromatic nitrogens is 1. The first kappa shape index (κ1) is 14.9. The van der Waals surface area contributed by atoms with E-state index < -0.39 is 23.2 Å². The van der Waals surface area contributed by atoms with Crippen LogP contribution in [0, 0.1) is 0 Å². The summed E-state index contributed by atoms with van der Waals surface area (Å²) in [5.41, 5.74) is -1.11. The maximum absolute atomic E-state index is 14.5. The lowest BCUT2D eigenvalue weighted by Gasteiger charge is -2.32. The number of dihydropyridines is 1. The first-order valence-electron chi connectivity index (χ1n) is 6.81. The zero-order valence-corrected chi connectivity index (χ0v) is 11.8. The molecule has 3 rings (SSSR count). The van der Waals surface area contributed by atoms with Crippen LogP contribution in [0.5, 0.6) is 0 Å². The largest absolute Gasteiger partial charge is 0.479 e. The van der Waals surface area contributed by atoms with E-state index >= 15 is 0 Å². The predicted molar refractivity (Wildman–Crippen MR) is 80.5 cm³/mol. The Hall–Kier alpha value is -3.02. The van der Waals surface area contributed by atoms with Gasteiger partial charge in [-0.25, -0.2) is 13.6 Å². The minimum atomic E-state index is -2.19. The molecule has 2 heterocycles. The zero-order chi connectivity index (χ0) is 16.4. The van der Waals surface area contributed by atoms with Crippen molar-refractivity contribution in [1.29, 1.82) is 0 Å². The van der Waals surface area contributed by atoms with E-state index in [0.29, 0.717) is 17.3 Å². The van der Waals surface area contributed by atoms with E-state index in [2.05, 4.69) is 10.3 Å².